The van der Waals surface area contributed by atoms with Crippen molar-refractivity contribution >= 4 is 35.6 Å². The number of carbonyl (C=O) groups excluding carboxylic acids is 2. The Morgan fingerprint density at radius 3 is 2.55 bits per heavy atom. The predicted octanol–water partition coefficient (Wildman–Crippen LogP) is 3.05. The zero-order valence-electron chi connectivity index (χ0n) is 15.5. The molecule has 4 rings (SSSR count). The third-order valence-electron chi connectivity index (χ3n) is 4.97. The largest absolute Gasteiger partial charge is 0.454 e. The highest BCUT2D eigenvalue weighted by Gasteiger charge is 2.29. The van der Waals surface area contributed by atoms with Crippen LogP contribution in [0, 0.1) is 11.7 Å². The van der Waals surface area contributed by atoms with E-state index >= 15 is 0 Å². The van der Waals surface area contributed by atoms with Crippen molar-refractivity contribution in [2.75, 3.05) is 30.9 Å². The molecular weight excluding hydrogens is 401 g/mol. The molecule has 1 fully saturated rings. The molecule has 1 atom stereocenters. The number of nitrogens with two attached hydrogens (primary N) is 1. The Labute approximate surface area is 173 Å². The number of hydrogen-bond acceptors (Lipinski definition) is 5. The topological polar surface area (TPSA) is 93.9 Å². The second-order valence-corrected chi connectivity index (χ2v) is 6.88. The van der Waals surface area contributed by atoms with Crippen molar-refractivity contribution < 1.29 is 23.5 Å². The van der Waals surface area contributed by atoms with E-state index in [1.165, 1.54) is 24.3 Å². The van der Waals surface area contributed by atoms with E-state index in [0.29, 0.717) is 54.4 Å². The van der Waals surface area contributed by atoms with Gasteiger partial charge in [0.15, 0.2) is 11.5 Å². The van der Waals surface area contributed by atoms with Crippen LogP contribution in [0.25, 0.3) is 0 Å². The first kappa shape index (κ1) is 20.7. The van der Waals surface area contributed by atoms with Gasteiger partial charge >= 0.3 is 0 Å². The van der Waals surface area contributed by atoms with Crippen LogP contribution in [0.3, 0.4) is 0 Å². The minimum Gasteiger partial charge on any atom is -0.454 e. The first-order chi connectivity index (χ1) is 13.5. The average molecular weight is 422 g/mol. The number of benzene rings is 2. The number of amides is 2. The van der Waals surface area contributed by atoms with Crippen LogP contribution in [-0.4, -0.2) is 36.6 Å². The van der Waals surface area contributed by atoms with Crippen LogP contribution in [0.5, 0.6) is 11.5 Å². The van der Waals surface area contributed by atoms with Crippen LogP contribution < -0.4 is 20.5 Å². The summed E-state index contributed by atoms with van der Waals surface area (Å²) < 4.78 is 23.7. The molecule has 29 heavy (non-hydrogen) atoms. The Morgan fingerprint density at radius 2 is 1.83 bits per heavy atom. The quantitative estimate of drug-likeness (QED) is 0.743. The average Bonchev–Trinajstić information content (AvgIpc) is 3.15. The fraction of sp³-hybridized carbons (Fsp3) is 0.300. The standard InChI is InChI=1S/C20H20FN3O4.ClH/c21-14-5-3-12(4-6-14)20(26)24-7-1-2-13(10-24)19(25)23-16-9-18-17(8-15(16)22)27-11-28-18;/h3-6,8-9,13H,1-2,7,10-11,22H2,(H,23,25);1H. The summed E-state index contributed by atoms with van der Waals surface area (Å²) in [6.07, 6.45) is 1.38. The first-order valence-electron chi connectivity index (χ1n) is 9.06. The minimum atomic E-state index is -0.395. The molecule has 0 saturated carbocycles. The lowest BCUT2D eigenvalue weighted by Gasteiger charge is -2.32. The number of likely N-dealkylation sites (tertiary alicyclic amines) is 1. The SMILES string of the molecule is Cl.Nc1cc2c(cc1NC(=O)C1CCCN(C(=O)c3ccc(F)cc3)C1)OCO2. The van der Waals surface area contributed by atoms with E-state index < -0.39 is 5.82 Å². The molecule has 2 aromatic carbocycles. The van der Waals surface area contributed by atoms with E-state index in [-0.39, 0.29) is 36.9 Å². The fourth-order valence-corrected chi connectivity index (χ4v) is 3.45. The number of nitrogens with zero attached hydrogens (tertiary/aromatic N) is 1. The van der Waals surface area contributed by atoms with Gasteiger partial charge in [-0.05, 0) is 37.1 Å². The second kappa shape index (κ2) is 8.57. The van der Waals surface area contributed by atoms with Crippen LogP contribution >= 0.6 is 12.4 Å². The van der Waals surface area contributed by atoms with Crippen LogP contribution in [0.4, 0.5) is 15.8 Å². The molecule has 0 bridgehead atoms. The van der Waals surface area contributed by atoms with Crippen molar-refractivity contribution in [2.45, 2.75) is 12.8 Å². The normalized spacial score (nSPS) is 17.4. The summed E-state index contributed by atoms with van der Waals surface area (Å²) in [6, 6.07) is 8.67. The van der Waals surface area contributed by atoms with Crippen molar-refractivity contribution in [3.8, 4) is 11.5 Å². The number of piperidine rings is 1. The molecule has 0 spiro atoms. The molecular formula is C20H21ClFN3O4. The Hall–Kier alpha value is -3.00. The van der Waals surface area contributed by atoms with Gasteiger partial charge in [-0.1, -0.05) is 0 Å². The van der Waals surface area contributed by atoms with Crippen molar-refractivity contribution in [1.82, 2.24) is 4.90 Å². The molecule has 9 heteroatoms. The molecule has 1 unspecified atom stereocenters. The van der Waals surface area contributed by atoms with Crippen LogP contribution in [0.2, 0.25) is 0 Å². The number of halogens is 2. The molecule has 2 heterocycles. The highest BCUT2D eigenvalue weighted by Crippen LogP contribution is 2.38. The van der Waals surface area contributed by atoms with Crippen LogP contribution in [0.1, 0.15) is 23.2 Å². The van der Waals surface area contributed by atoms with Gasteiger partial charge in [0, 0.05) is 30.8 Å². The number of nitrogens with one attached hydrogen (secondary N) is 1. The Bertz CT molecular complexity index is 923. The lowest BCUT2D eigenvalue weighted by Crippen LogP contribution is -2.43. The van der Waals surface area contributed by atoms with E-state index in [4.69, 9.17) is 15.2 Å². The lowest BCUT2D eigenvalue weighted by molar-refractivity contribution is -0.121. The molecule has 2 amide bonds. The zero-order valence-corrected chi connectivity index (χ0v) is 16.3. The van der Waals surface area contributed by atoms with Gasteiger partial charge in [0.25, 0.3) is 5.91 Å². The molecule has 154 valence electrons. The van der Waals surface area contributed by atoms with Gasteiger partial charge in [0.2, 0.25) is 12.7 Å². The van der Waals surface area contributed by atoms with Gasteiger partial charge in [-0.15, -0.1) is 12.4 Å². The van der Waals surface area contributed by atoms with E-state index in [1.807, 2.05) is 0 Å². The number of fused-ring (bicyclic) bond motifs is 1. The predicted molar refractivity (Wildman–Crippen MR) is 108 cm³/mol. The van der Waals surface area contributed by atoms with Gasteiger partial charge in [0.1, 0.15) is 5.82 Å². The van der Waals surface area contributed by atoms with E-state index in [1.54, 1.807) is 17.0 Å². The molecule has 2 aliphatic heterocycles. The molecule has 0 aromatic heterocycles. The molecule has 7 nitrogen and oxygen atoms in total. The summed E-state index contributed by atoms with van der Waals surface area (Å²) in [4.78, 5) is 27.0. The molecule has 3 N–H and O–H groups in total. The highest BCUT2D eigenvalue weighted by atomic mass is 35.5. The number of nitrogen functional groups attached to an aromatic ring is 1. The van der Waals surface area contributed by atoms with Crippen LogP contribution in [-0.2, 0) is 4.79 Å². The molecule has 2 aliphatic rings. The van der Waals surface area contributed by atoms with Crippen molar-refractivity contribution in [1.29, 1.82) is 0 Å². The van der Waals surface area contributed by atoms with Gasteiger partial charge < -0.3 is 25.4 Å². The van der Waals surface area contributed by atoms with Gasteiger partial charge in [0.05, 0.1) is 17.3 Å². The van der Waals surface area contributed by atoms with Gasteiger partial charge in [-0.25, -0.2) is 4.39 Å². The summed E-state index contributed by atoms with van der Waals surface area (Å²) in [5.74, 6) is -0.0931. The molecule has 2 aromatic rings. The van der Waals surface area contributed by atoms with E-state index in [9.17, 15) is 14.0 Å². The number of rotatable bonds is 3. The van der Waals surface area contributed by atoms with Crippen molar-refractivity contribution in [2.24, 2.45) is 5.92 Å². The molecule has 1 saturated heterocycles. The Kier molecular flexibility index (Phi) is 6.12. The molecule has 0 aliphatic carbocycles. The maximum Gasteiger partial charge on any atom is 0.253 e. The summed E-state index contributed by atoms with van der Waals surface area (Å²) in [7, 11) is 0. The smallest absolute Gasteiger partial charge is 0.253 e. The minimum absolute atomic E-state index is 0. The zero-order chi connectivity index (χ0) is 19.7. The number of hydrogen-bond donors (Lipinski definition) is 2. The van der Waals surface area contributed by atoms with Crippen molar-refractivity contribution in [3.05, 3.63) is 47.8 Å². The maximum atomic E-state index is 13.1. The van der Waals surface area contributed by atoms with E-state index in [2.05, 4.69) is 5.32 Å². The highest BCUT2D eigenvalue weighted by molar-refractivity contribution is 5.98. The van der Waals surface area contributed by atoms with Gasteiger partial charge in [-0.3, -0.25) is 9.59 Å². The fourth-order valence-electron chi connectivity index (χ4n) is 3.45. The first-order valence-corrected chi connectivity index (χ1v) is 9.06. The summed E-state index contributed by atoms with van der Waals surface area (Å²) in [5.41, 5.74) is 7.23. The number of anilines is 2. The van der Waals surface area contributed by atoms with Gasteiger partial charge in [-0.2, -0.15) is 0 Å². The van der Waals surface area contributed by atoms with E-state index in [0.717, 1.165) is 0 Å². The Balaban J connectivity index is 0.00000240. The Morgan fingerprint density at radius 1 is 1.14 bits per heavy atom. The summed E-state index contributed by atoms with van der Waals surface area (Å²) in [5, 5.41) is 2.83. The third-order valence-corrected chi connectivity index (χ3v) is 4.97. The summed E-state index contributed by atoms with van der Waals surface area (Å²) in [6.45, 7) is 0.980. The monoisotopic (exact) mass is 421 g/mol. The van der Waals surface area contributed by atoms with Crippen LogP contribution in [0.15, 0.2) is 36.4 Å². The number of carbonyl (C=O) groups is 2. The lowest BCUT2D eigenvalue weighted by atomic mass is 9.96. The number of ether oxygens (including phenoxy) is 2. The maximum absolute atomic E-state index is 13.1. The second-order valence-electron chi connectivity index (χ2n) is 6.88. The summed E-state index contributed by atoms with van der Waals surface area (Å²) >= 11 is 0. The molecule has 0 radical (unpaired) electrons. The van der Waals surface area contributed by atoms with Crippen molar-refractivity contribution in [3.63, 3.8) is 0 Å². The third kappa shape index (κ3) is 4.37.